The molecule has 0 unspecified atom stereocenters. The molecule has 3 aromatic heterocycles. The van der Waals surface area contributed by atoms with E-state index in [4.69, 9.17) is 18.9 Å². The Bertz CT molecular complexity index is 1630. The first-order valence-corrected chi connectivity index (χ1v) is 15.0. The topological polar surface area (TPSA) is 216 Å². The van der Waals surface area contributed by atoms with Gasteiger partial charge < -0.3 is 29.6 Å². The van der Waals surface area contributed by atoms with Gasteiger partial charge in [0.05, 0.1) is 62.8 Å². The van der Waals surface area contributed by atoms with E-state index in [2.05, 4.69) is 40.0 Å². The number of ether oxygens (including phenoxy) is 4. The second-order valence-electron chi connectivity index (χ2n) is 12.2. The Morgan fingerprint density at radius 3 is 1.45 bits per heavy atom. The van der Waals surface area contributed by atoms with Gasteiger partial charge in [0, 0.05) is 11.1 Å². The number of nitrogens with one attached hydrogen (secondary N) is 2. The van der Waals surface area contributed by atoms with E-state index in [-0.39, 0.29) is 13.1 Å². The maximum absolute atomic E-state index is 12.6. The fourth-order valence-electron chi connectivity index (χ4n) is 4.37. The molecule has 1 aromatic carbocycles. The van der Waals surface area contributed by atoms with E-state index in [0.717, 1.165) is 11.7 Å². The van der Waals surface area contributed by atoms with E-state index < -0.39 is 47.4 Å². The van der Waals surface area contributed by atoms with Gasteiger partial charge >= 0.3 is 24.1 Å². The first kappa shape index (κ1) is 34.7. The molecular weight excluding hydrogens is 636 g/mol. The molecule has 4 aromatic rings. The van der Waals surface area contributed by atoms with E-state index in [0.29, 0.717) is 33.5 Å². The third kappa shape index (κ3) is 8.75. The summed E-state index contributed by atoms with van der Waals surface area (Å²) < 4.78 is 32.2. The minimum atomic E-state index is -1.14. The van der Waals surface area contributed by atoms with Crippen molar-refractivity contribution < 1.29 is 38.1 Å². The van der Waals surface area contributed by atoms with Crippen LogP contribution in [0.15, 0.2) is 24.5 Å². The third-order valence-electron chi connectivity index (χ3n) is 6.27. The van der Waals surface area contributed by atoms with Gasteiger partial charge in [-0.3, -0.25) is 0 Å². The van der Waals surface area contributed by atoms with Gasteiger partial charge in [-0.25, -0.2) is 28.5 Å². The van der Waals surface area contributed by atoms with Crippen LogP contribution in [0.1, 0.15) is 41.5 Å². The van der Waals surface area contributed by atoms with Gasteiger partial charge in [-0.1, -0.05) is 10.4 Å². The quantitative estimate of drug-likeness (QED) is 0.183. The standard InChI is InChI=1S/C28H36N10O8S/c1-27(2,3)45-25(41)31-17(23(39)43-7)13-37-19(11-29-35-37)15-9-10-16(22-21(15)33-47-34-22)20-12-30-36-38(20)14-18(24(40)44-8)32-26(42)46-28(4,5)6/h9-12,17-18H,13-14H2,1-8H3,(H,31,41)(H,32,42)/t17-,18-/m0/s1. The Morgan fingerprint density at radius 2 is 1.11 bits per heavy atom. The van der Waals surface area contributed by atoms with Crippen molar-refractivity contribution in [3.05, 3.63) is 24.5 Å². The summed E-state index contributed by atoms with van der Waals surface area (Å²) in [5, 5.41) is 21.3. The number of carbonyl (C=O) groups is 4. The number of benzene rings is 1. The van der Waals surface area contributed by atoms with Crippen LogP contribution in [-0.2, 0) is 41.6 Å². The largest absolute Gasteiger partial charge is 0.467 e. The lowest BCUT2D eigenvalue weighted by Gasteiger charge is -2.23. The van der Waals surface area contributed by atoms with Crippen LogP contribution in [0.4, 0.5) is 9.59 Å². The monoisotopic (exact) mass is 672 g/mol. The predicted molar refractivity (Wildman–Crippen MR) is 166 cm³/mol. The van der Waals surface area contributed by atoms with Crippen LogP contribution in [0.5, 0.6) is 0 Å². The number of fused-ring (bicyclic) bond motifs is 1. The van der Waals surface area contributed by atoms with Crippen LogP contribution in [0.2, 0.25) is 0 Å². The Morgan fingerprint density at radius 1 is 0.723 bits per heavy atom. The van der Waals surface area contributed by atoms with Crippen molar-refractivity contribution in [1.29, 1.82) is 0 Å². The number of rotatable bonds is 10. The average Bonchev–Trinajstić information content (AvgIpc) is 3.75. The van der Waals surface area contributed by atoms with Crippen LogP contribution in [0.25, 0.3) is 33.5 Å². The fraction of sp³-hybridized carbons (Fsp3) is 0.500. The first-order chi connectivity index (χ1) is 22.1. The van der Waals surface area contributed by atoms with Crippen LogP contribution in [0, 0.1) is 0 Å². The van der Waals surface area contributed by atoms with Crippen LogP contribution < -0.4 is 10.6 Å². The van der Waals surface area contributed by atoms with Crippen molar-refractivity contribution in [2.75, 3.05) is 14.2 Å². The molecule has 0 aliphatic carbocycles. The second-order valence-corrected chi connectivity index (χ2v) is 12.7. The van der Waals surface area contributed by atoms with E-state index >= 15 is 0 Å². The van der Waals surface area contributed by atoms with Gasteiger partial charge in [-0.2, -0.15) is 8.75 Å². The van der Waals surface area contributed by atoms with Gasteiger partial charge in [0.15, 0.2) is 0 Å². The summed E-state index contributed by atoms with van der Waals surface area (Å²) in [6, 6.07) is 1.24. The van der Waals surface area contributed by atoms with Crippen LogP contribution in [0.3, 0.4) is 0 Å². The zero-order valence-corrected chi connectivity index (χ0v) is 27.9. The maximum atomic E-state index is 12.6. The molecule has 19 heteroatoms. The zero-order chi connectivity index (χ0) is 34.5. The molecule has 0 bridgehead atoms. The van der Waals surface area contributed by atoms with E-state index in [1.165, 1.54) is 36.0 Å². The maximum Gasteiger partial charge on any atom is 0.408 e. The SMILES string of the molecule is COC(=O)[C@H](Cn1nncc1-c1ccc(-c2cnnn2C[C@H](NC(=O)OC(C)(C)C)C(=O)OC)c2nsnc12)NC(=O)OC(C)(C)C. The third-order valence-corrected chi connectivity index (χ3v) is 6.80. The highest BCUT2D eigenvalue weighted by Crippen LogP contribution is 2.34. The minimum Gasteiger partial charge on any atom is -0.467 e. The molecule has 0 spiro atoms. The Hall–Kier alpha value is -5.20. The van der Waals surface area contributed by atoms with Crippen LogP contribution >= 0.6 is 11.7 Å². The molecule has 2 atom stereocenters. The number of carbonyl (C=O) groups excluding carboxylic acids is 4. The van der Waals surface area contributed by atoms with Gasteiger partial charge in [0.25, 0.3) is 0 Å². The van der Waals surface area contributed by atoms with Crippen molar-refractivity contribution in [3.63, 3.8) is 0 Å². The highest BCUT2D eigenvalue weighted by Gasteiger charge is 2.29. The Labute approximate surface area is 273 Å². The van der Waals surface area contributed by atoms with Crippen molar-refractivity contribution >= 4 is 46.9 Å². The molecule has 252 valence electrons. The number of amides is 2. The summed E-state index contributed by atoms with van der Waals surface area (Å²) in [5.41, 5.74) is 1.52. The number of nitrogens with zero attached hydrogens (tertiary/aromatic N) is 8. The van der Waals surface area contributed by atoms with Crippen LogP contribution in [-0.4, -0.2) is 100 Å². The van der Waals surface area contributed by atoms with Crippen molar-refractivity contribution in [1.82, 2.24) is 49.4 Å². The molecule has 0 saturated carbocycles. The smallest absolute Gasteiger partial charge is 0.408 e. The van der Waals surface area contributed by atoms with Gasteiger partial charge in [-0.15, -0.1) is 10.2 Å². The summed E-state index contributed by atoms with van der Waals surface area (Å²) in [5.74, 6) is -1.42. The lowest BCUT2D eigenvalue weighted by Crippen LogP contribution is -2.46. The summed E-state index contributed by atoms with van der Waals surface area (Å²) in [7, 11) is 2.41. The van der Waals surface area contributed by atoms with Gasteiger partial charge in [0.2, 0.25) is 0 Å². The number of hydrogen-bond donors (Lipinski definition) is 2. The Kier molecular flexibility index (Phi) is 10.4. The lowest BCUT2D eigenvalue weighted by atomic mass is 10.0. The predicted octanol–water partition coefficient (Wildman–Crippen LogP) is 2.34. The molecular formula is C28H36N10O8S. The van der Waals surface area contributed by atoms with Gasteiger partial charge in [0.1, 0.15) is 34.3 Å². The molecule has 47 heavy (non-hydrogen) atoms. The Balaban J connectivity index is 1.64. The number of methoxy groups -OCH3 is 2. The summed E-state index contributed by atoms with van der Waals surface area (Å²) >= 11 is 0.964. The highest BCUT2D eigenvalue weighted by molar-refractivity contribution is 7.00. The first-order valence-electron chi connectivity index (χ1n) is 14.3. The van der Waals surface area contributed by atoms with Crippen molar-refractivity contribution in [2.45, 2.75) is 77.9 Å². The molecule has 3 heterocycles. The van der Waals surface area contributed by atoms with Gasteiger partial charge in [-0.05, 0) is 53.7 Å². The number of hydrogen-bond acceptors (Lipinski definition) is 15. The molecule has 4 rings (SSSR count). The average molecular weight is 673 g/mol. The van der Waals surface area contributed by atoms with Crippen molar-refractivity contribution in [2.24, 2.45) is 0 Å². The molecule has 0 fully saturated rings. The zero-order valence-electron chi connectivity index (χ0n) is 27.1. The second kappa shape index (κ2) is 14.1. The molecule has 2 amide bonds. The van der Waals surface area contributed by atoms with E-state index in [1.54, 1.807) is 53.7 Å². The molecule has 0 aliphatic rings. The number of alkyl carbamates (subject to hydrolysis) is 2. The summed E-state index contributed by atoms with van der Waals surface area (Å²) in [4.78, 5) is 50.1. The molecule has 0 radical (unpaired) electrons. The fourth-order valence-corrected chi connectivity index (χ4v) is 4.94. The normalized spacial score (nSPS) is 13.0. The lowest BCUT2D eigenvalue weighted by molar-refractivity contribution is -0.144. The molecule has 2 N–H and O–H groups in total. The van der Waals surface area contributed by atoms with E-state index in [1.807, 2.05) is 0 Å². The summed E-state index contributed by atoms with van der Waals surface area (Å²) in [6.07, 6.45) is 1.38. The highest BCUT2D eigenvalue weighted by atomic mass is 32.1. The van der Waals surface area contributed by atoms with Crippen molar-refractivity contribution in [3.8, 4) is 22.5 Å². The number of aromatic nitrogens is 8. The molecule has 0 saturated heterocycles. The summed E-state index contributed by atoms with van der Waals surface area (Å²) in [6.45, 7) is 9.96. The molecule has 0 aliphatic heterocycles. The molecule has 18 nitrogen and oxygen atoms in total. The van der Waals surface area contributed by atoms with E-state index in [9.17, 15) is 19.2 Å². The number of esters is 2. The minimum absolute atomic E-state index is 0.127.